The van der Waals surface area contributed by atoms with Crippen molar-refractivity contribution in [2.75, 3.05) is 26.5 Å². The van der Waals surface area contributed by atoms with E-state index in [9.17, 15) is 9.90 Å². The first kappa shape index (κ1) is 22.8. The normalized spacial score (nSPS) is 12.4. The van der Waals surface area contributed by atoms with Gasteiger partial charge in [0.2, 0.25) is 0 Å². The maximum absolute atomic E-state index is 12.0. The first-order valence-corrected chi connectivity index (χ1v) is 10.6. The van der Waals surface area contributed by atoms with Gasteiger partial charge in [-0.25, -0.2) is 0 Å². The van der Waals surface area contributed by atoms with E-state index in [0.29, 0.717) is 37.0 Å². The molecule has 0 amide bonds. The molecule has 0 radical (unpaired) electrons. The lowest BCUT2D eigenvalue weighted by molar-refractivity contribution is -0.144. The van der Waals surface area contributed by atoms with Crippen molar-refractivity contribution in [3.8, 4) is 5.75 Å². The fourth-order valence-electron chi connectivity index (χ4n) is 2.79. The van der Waals surface area contributed by atoms with Crippen LogP contribution in [0.15, 0.2) is 17.0 Å². The Morgan fingerprint density at radius 2 is 2.04 bits per heavy atom. The predicted molar refractivity (Wildman–Crippen MR) is 110 cm³/mol. The Morgan fingerprint density at radius 1 is 1.31 bits per heavy atom. The summed E-state index contributed by atoms with van der Waals surface area (Å²) in [7, 11) is 3.96. The Hall–Kier alpha value is -1.20. The van der Waals surface area contributed by atoms with E-state index in [1.807, 2.05) is 38.1 Å². The summed E-state index contributed by atoms with van der Waals surface area (Å²) in [5.41, 5.74) is 2.05. The van der Waals surface area contributed by atoms with Gasteiger partial charge < -0.3 is 14.7 Å². The van der Waals surface area contributed by atoms with Gasteiger partial charge in [0.05, 0.1) is 13.0 Å². The van der Waals surface area contributed by atoms with Gasteiger partial charge in [-0.05, 0) is 51.1 Å². The topological polar surface area (TPSA) is 49.8 Å². The van der Waals surface area contributed by atoms with Crippen molar-refractivity contribution in [3.63, 3.8) is 0 Å². The fourth-order valence-corrected chi connectivity index (χ4v) is 3.76. The predicted octanol–water partition coefficient (Wildman–Crippen LogP) is 5.00. The number of aromatic hydroxyl groups is 1. The molecule has 0 aromatic heterocycles. The summed E-state index contributed by atoms with van der Waals surface area (Å²) in [5.74, 6) is 1.34. The quantitative estimate of drug-likeness (QED) is 0.408. The molecule has 0 fully saturated rings. The highest BCUT2D eigenvalue weighted by atomic mass is 32.2. The number of thioether (sulfide) groups is 1. The van der Waals surface area contributed by atoms with E-state index in [-0.39, 0.29) is 5.97 Å². The lowest BCUT2D eigenvalue weighted by Gasteiger charge is -2.15. The standard InChI is InChI=1S/C21H35NO3S/c1-6-8-9-17(7-2)15-25-21(24)10-11-26-20-13-19(23)18(12-16(20)3)14-22(4)5/h12-13,17,23H,6-11,14-15H2,1-5H3. The molecule has 1 unspecified atom stereocenters. The number of esters is 1. The van der Waals surface area contributed by atoms with Crippen LogP contribution >= 0.6 is 11.8 Å². The zero-order valence-corrected chi connectivity index (χ0v) is 17.8. The van der Waals surface area contributed by atoms with Gasteiger partial charge in [0, 0.05) is 22.8 Å². The molecule has 1 rings (SSSR count). The minimum Gasteiger partial charge on any atom is -0.508 e. The van der Waals surface area contributed by atoms with Gasteiger partial charge in [-0.1, -0.05) is 33.1 Å². The van der Waals surface area contributed by atoms with Crippen molar-refractivity contribution < 1.29 is 14.6 Å². The van der Waals surface area contributed by atoms with Crippen LogP contribution in [0.25, 0.3) is 0 Å². The lowest BCUT2D eigenvalue weighted by atomic mass is 10.0. The molecule has 0 heterocycles. The molecule has 1 aromatic rings. The molecule has 0 bridgehead atoms. The Labute approximate surface area is 163 Å². The molecule has 0 aliphatic rings. The van der Waals surface area contributed by atoms with E-state index < -0.39 is 0 Å². The van der Waals surface area contributed by atoms with Crippen LogP contribution in [-0.2, 0) is 16.1 Å². The summed E-state index contributed by atoms with van der Waals surface area (Å²) < 4.78 is 5.44. The van der Waals surface area contributed by atoms with Gasteiger partial charge >= 0.3 is 5.97 Å². The molecule has 1 N–H and O–H groups in total. The number of carbonyl (C=O) groups is 1. The van der Waals surface area contributed by atoms with E-state index in [1.165, 1.54) is 12.8 Å². The van der Waals surface area contributed by atoms with Crippen molar-refractivity contribution in [2.45, 2.75) is 64.3 Å². The summed E-state index contributed by atoms with van der Waals surface area (Å²) >= 11 is 1.60. The zero-order chi connectivity index (χ0) is 19.5. The second-order valence-corrected chi connectivity index (χ2v) is 8.32. The third-order valence-corrected chi connectivity index (χ3v) is 5.61. The molecule has 4 nitrogen and oxygen atoms in total. The van der Waals surface area contributed by atoms with Gasteiger partial charge in [0.25, 0.3) is 0 Å². The summed E-state index contributed by atoms with van der Waals surface area (Å²) in [6.45, 7) is 7.63. The second-order valence-electron chi connectivity index (χ2n) is 7.18. The van der Waals surface area contributed by atoms with E-state index in [0.717, 1.165) is 28.9 Å². The van der Waals surface area contributed by atoms with E-state index >= 15 is 0 Å². The van der Waals surface area contributed by atoms with Crippen LogP contribution < -0.4 is 0 Å². The summed E-state index contributed by atoms with van der Waals surface area (Å²) in [4.78, 5) is 15.0. The van der Waals surface area contributed by atoms with E-state index in [2.05, 4.69) is 13.8 Å². The fraction of sp³-hybridized carbons (Fsp3) is 0.667. The molecule has 0 aliphatic heterocycles. The summed E-state index contributed by atoms with van der Waals surface area (Å²) in [6.07, 6.45) is 4.96. The Morgan fingerprint density at radius 3 is 2.65 bits per heavy atom. The number of phenolic OH excluding ortho intramolecular Hbond substituents is 1. The minimum absolute atomic E-state index is 0.126. The van der Waals surface area contributed by atoms with Crippen molar-refractivity contribution in [1.29, 1.82) is 0 Å². The number of benzene rings is 1. The third-order valence-electron chi connectivity index (χ3n) is 4.45. The Bertz CT molecular complexity index is 560. The largest absolute Gasteiger partial charge is 0.508 e. The SMILES string of the molecule is CCCCC(CC)COC(=O)CCSc1cc(O)c(CN(C)C)cc1C. The molecule has 0 saturated heterocycles. The number of phenols is 1. The van der Waals surface area contributed by atoms with Gasteiger partial charge in [-0.3, -0.25) is 4.79 Å². The first-order chi connectivity index (χ1) is 12.4. The van der Waals surface area contributed by atoms with Crippen LogP contribution in [0.5, 0.6) is 5.75 Å². The van der Waals surface area contributed by atoms with Crippen molar-refractivity contribution >= 4 is 17.7 Å². The molecule has 26 heavy (non-hydrogen) atoms. The number of hydrogen-bond acceptors (Lipinski definition) is 5. The summed E-state index contributed by atoms with van der Waals surface area (Å²) in [6, 6.07) is 3.83. The lowest BCUT2D eigenvalue weighted by Crippen LogP contribution is -2.14. The first-order valence-electron chi connectivity index (χ1n) is 9.62. The van der Waals surface area contributed by atoms with Crippen LogP contribution in [-0.4, -0.2) is 42.4 Å². The summed E-state index contributed by atoms with van der Waals surface area (Å²) in [5, 5.41) is 10.2. The molecule has 1 atom stereocenters. The number of nitrogens with zero attached hydrogens (tertiary/aromatic N) is 1. The maximum atomic E-state index is 12.0. The number of rotatable bonds is 12. The minimum atomic E-state index is -0.126. The van der Waals surface area contributed by atoms with Crippen LogP contribution in [0.2, 0.25) is 0 Å². The number of unbranched alkanes of at least 4 members (excludes halogenated alkanes) is 1. The highest BCUT2D eigenvalue weighted by Crippen LogP contribution is 2.30. The average Bonchev–Trinajstić information content (AvgIpc) is 2.58. The molecule has 5 heteroatoms. The number of hydrogen-bond donors (Lipinski definition) is 1. The molecular weight excluding hydrogens is 346 g/mol. The van der Waals surface area contributed by atoms with Crippen LogP contribution in [0.3, 0.4) is 0 Å². The third kappa shape index (κ3) is 8.45. The van der Waals surface area contributed by atoms with Gasteiger partial charge in [0.1, 0.15) is 5.75 Å². The second kappa shape index (κ2) is 12.2. The van der Waals surface area contributed by atoms with Crippen LogP contribution in [0.4, 0.5) is 0 Å². The van der Waals surface area contributed by atoms with Crippen LogP contribution in [0, 0.1) is 12.8 Å². The number of carbonyl (C=O) groups excluding carboxylic acids is 1. The molecular formula is C21H35NO3S. The van der Waals surface area contributed by atoms with Crippen LogP contribution in [0.1, 0.15) is 57.1 Å². The Balaban J connectivity index is 2.42. The molecule has 0 saturated carbocycles. The zero-order valence-electron chi connectivity index (χ0n) is 17.0. The molecule has 148 valence electrons. The highest BCUT2D eigenvalue weighted by molar-refractivity contribution is 7.99. The van der Waals surface area contributed by atoms with Crippen molar-refractivity contribution in [1.82, 2.24) is 4.90 Å². The van der Waals surface area contributed by atoms with Gasteiger partial charge in [-0.15, -0.1) is 11.8 Å². The molecule has 1 aromatic carbocycles. The highest BCUT2D eigenvalue weighted by Gasteiger charge is 2.12. The van der Waals surface area contributed by atoms with Gasteiger partial charge in [0.15, 0.2) is 0 Å². The number of aryl methyl sites for hydroxylation is 1. The number of ether oxygens (including phenoxy) is 1. The maximum Gasteiger partial charge on any atom is 0.306 e. The molecule has 0 aliphatic carbocycles. The van der Waals surface area contributed by atoms with E-state index in [4.69, 9.17) is 4.74 Å². The van der Waals surface area contributed by atoms with E-state index in [1.54, 1.807) is 11.8 Å². The smallest absolute Gasteiger partial charge is 0.306 e. The van der Waals surface area contributed by atoms with Crippen molar-refractivity contribution in [3.05, 3.63) is 23.3 Å². The average molecular weight is 382 g/mol. The van der Waals surface area contributed by atoms with Crippen molar-refractivity contribution in [2.24, 2.45) is 5.92 Å². The monoisotopic (exact) mass is 381 g/mol. The Kier molecular flexibility index (Phi) is 10.7. The van der Waals surface area contributed by atoms with Gasteiger partial charge in [-0.2, -0.15) is 0 Å². The molecule has 0 spiro atoms.